The number of likely N-dealkylation sites (tertiary alicyclic amines) is 1. The van der Waals surface area contributed by atoms with E-state index in [9.17, 15) is 4.79 Å². The number of nitrogens with zero attached hydrogens (tertiary/aromatic N) is 1. The highest BCUT2D eigenvalue weighted by Crippen LogP contribution is 2.16. The molecule has 134 valence electrons. The molecule has 1 rings (SSSR count). The predicted octanol–water partition coefficient (Wildman–Crippen LogP) is 3.12. The Hall–Kier alpha value is -0.0300. The first-order valence-corrected chi connectivity index (χ1v) is 8.45. The molecule has 0 aromatic heterocycles. The van der Waals surface area contributed by atoms with Gasteiger partial charge in [0.1, 0.15) is 0 Å². The Morgan fingerprint density at radius 2 is 1.86 bits per heavy atom. The van der Waals surface area contributed by atoms with Crippen LogP contribution in [0.15, 0.2) is 0 Å². The Balaban J connectivity index is 0. The van der Waals surface area contributed by atoms with Gasteiger partial charge in [-0.3, -0.25) is 4.79 Å². The molecular weight excluding hydrogens is 321 g/mol. The van der Waals surface area contributed by atoms with Crippen molar-refractivity contribution in [1.29, 1.82) is 0 Å². The van der Waals surface area contributed by atoms with Crippen molar-refractivity contribution in [3.8, 4) is 0 Å². The summed E-state index contributed by atoms with van der Waals surface area (Å²) >= 11 is 0. The molecule has 6 heteroatoms. The van der Waals surface area contributed by atoms with Crippen LogP contribution in [-0.2, 0) is 4.79 Å². The van der Waals surface area contributed by atoms with Crippen LogP contribution in [0.25, 0.3) is 0 Å². The van der Waals surface area contributed by atoms with Crippen molar-refractivity contribution in [2.24, 2.45) is 5.73 Å². The Morgan fingerprint density at radius 3 is 2.55 bits per heavy atom. The number of rotatable bonds is 10. The summed E-state index contributed by atoms with van der Waals surface area (Å²) < 4.78 is 0. The topological polar surface area (TPSA) is 58.4 Å². The van der Waals surface area contributed by atoms with Gasteiger partial charge in [-0.2, -0.15) is 0 Å². The van der Waals surface area contributed by atoms with Crippen LogP contribution in [0, 0.1) is 0 Å². The zero-order chi connectivity index (χ0) is 14.6. The highest BCUT2D eigenvalue weighted by atomic mass is 35.5. The summed E-state index contributed by atoms with van der Waals surface area (Å²) in [5, 5.41) is 3.04. The fraction of sp³-hybridized carbons (Fsp3) is 0.938. The van der Waals surface area contributed by atoms with E-state index in [1.165, 1.54) is 25.8 Å². The van der Waals surface area contributed by atoms with E-state index in [2.05, 4.69) is 17.1 Å². The molecule has 0 bridgehead atoms. The number of unbranched alkanes of at least 4 members (excludes halogenated alkanes) is 3. The number of piperidine rings is 1. The van der Waals surface area contributed by atoms with Crippen LogP contribution < -0.4 is 11.1 Å². The van der Waals surface area contributed by atoms with E-state index >= 15 is 0 Å². The van der Waals surface area contributed by atoms with E-state index in [1.54, 1.807) is 0 Å². The molecule has 1 amide bonds. The summed E-state index contributed by atoms with van der Waals surface area (Å²) in [6, 6.07) is 0.724. The van der Waals surface area contributed by atoms with Crippen molar-refractivity contribution < 1.29 is 4.79 Å². The quantitative estimate of drug-likeness (QED) is 0.592. The van der Waals surface area contributed by atoms with Crippen LogP contribution in [0.5, 0.6) is 0 Å². The van der Waals surface area contributed by atoms with Crippen LogP contribution >= 0.6 is 24.8 Å². The van der Waals surface area contributed by atoms with Gasteiger partial charge in [0.2, 0.25) is 5.91 Å². The molecule has 1 aliphatic heterocycles. The number of hydrogen-bond acceptors (Lipinski definition) is 3. The van der Waals surface area contributed by atoms with Crippen LogP contribution in [0.2, 0.25) is 0 Å². The molecular formula is C16H35Cl2N3O. The minimum Gasteiger partial charge on any atom is -0.356 e. The van der Waals surface area contributed by atoms with Crippen molar-refractivity contribution in [3.63, 3.8) is 0 Å². The summed E-state index contributed by atoms with van der Waals surface area (Å²) in [5.74, 6) is 0.212. The third-order valence-electron chi connectivity index (χ3n) is 4.24. The van der Waals surface area contributed by atoms with Crippen molar-refractivity contribution in [2.45, 2.75) is 70.8 Å². The summed E-state index contributed by atoms with van der Waals surface area (Å²) in [6.45, 7) is 6.26. The van der Waals surface area contributed by atoms with E-state index in [0.29, 0.717) is 6.42 Å². The molecule has 0 aromatic carbocycles. The van der Waals surface area contributed by atoms with Crippen LogP contribution in [0.4, 0.5) is 0 Å². The molecule has 4 nitrogen and oxygen atoms in total. The first kappa shape index (κ1) is 24.2. The van der Waals surface area contributed by atoms with Gasteiger partial charge in [-0.05, 0) is 52.1 Å². The lowest BCUT2D eigenvalue weighted by Crippen LogP contribution is -2.39. The van der Waals surface area contributed by atoms with Gasteiger partial charge in [-0.25, -0.2) is 0 Å². The standard InChI is InChI=1S/C16H33N3O.2ClH/c1-15-9-5-7-13-19(15)14-8-12-18-16(20)10-4-2-3-6-11-17;;/h15H,2-14,17H2,1H3,(H,18,20);2*1H. The lowest BCUT2D eigenvalue weighted by molar-refractivity contribution is -0.121. The lowest BCUT2D eigenvalue weighted by Gasteiger charge is -2.33. The minimum absolute atomic E-state index is 0. The van der Waals surface area contributed by atoms with Gasteiger partial charge in [0.25, 0.3) is 0 Å². The molecule has 0 aliphatic carbocycles. The maximum absolute atomic E-state index is 11.6. The molecule has 0 radical (unpaired) electrons. The van der Waals surface area contributed by atoms with Crippen LogP contribution in [-0.4, -0.2) is 43.0 Å². The molecule has 1 fully saturated rings. The maximum atomic E-state index is 11.6. The number of halogens is 2. The Labute approximate surface area is 148 Å². The third-order valence-corrected chi connectivity index (χ3v) is 4.24. The second-order valence-corrected chi connectivity index (χ2v) is 6.04. The molecule has 0 spiro atoms. The summed E-state index contributed by atoms with van der Waals surface area (Å²) in [5.41, 5.74) is 5.44. The molecule has 1 aliphatic rings. The normalized spacial score (nSPS) is 18.2. The van der Waals surface area contributed by atoms with Crippen LogP contribution in [0.3, 0.4) is 0 Å². The number of amides is 1. The Morgan fingerprint density at radius 1 is 1.14 bits per heavy atom. The molecule has 3 N–H and O–H groups in total. The van der Waals surface area contributed by atoms with Crippen molar-refractivity contribution in [2.75, 3.05) is 26.2 Å². The first-order chi connectivity index (χ1) is 9.74. The van der Waals surface area contributed by atoms with E-state index in [1.807, 2.05) is 0 Å². The van der Waals surface area contributed by atoms with E-state index < -0.39 is 0 Å². The van der Waals surface area contributed by atoms with Crippen molar-refractivity contribution in [3.05, 3.63) is 0 Å². The number of carbonyl (C=O) groups is 1. The number of nitrogens with one attached hydrogen (secondary N) is 1. The Kier molecular flexibility index (Phi) is 17.5. The van der Waals surface area contributed by atoms with Gasteiger partial charge in [0.05, 0.1) is 0 Å². The monoisotopic (exact) mass is 355 g/mol. The average Bonchev–Trinajstić information content (AvgIpc) is 2.45. The third kappa shape index (κ3) is 11.5. The molecule has 1 atom stereocenters. The SMILES string of the molecule is CC1CCCCN1CCCNC(=O)CCCCCCN.Cl.Cl. The largest absolute Gasteiger partial charge is 0.356 e. The maximum Gasteiger partial charge on any atom is 0.219 e. The zero-order valence-electron chi connectivity index (χ0n) is 14.0. The van der Waals surface area contributed by atoms with Crippen molar-refractivity contribution in [1.82, 2.24) is 10.2 Å². The second-order valence-electron chi connectivity index (χ2n) is 6.04. The highest BCUT2D eigenvalue weighted by Gasteiger charge is 2.17. The fourth-order valence-corrected chi connectivity index (χ4v) is 2.87. The molecule has 1 unspecified atom stereocenters. The number of nitrogens with two attached hydrogens (primary N) is 1. The Bertz CT molecular complexity index is 268. The molecule has 0 saturated carbocycles. The van der Waals surface area contributed by atoms with Gasteiger partial charge in [-0.15, -0.1) is 24.8 Å². The van der Waals surface area contributed by atoms with Gasteiger partial charge in [0.15, 0.2) is 0 Å². The highest BCUT2D eigenvalue weighted by molar-refractivity contribution is 5.85. The zero-order valence-corrected chi connectivity index (χ0v) is 15.7. The van der Waals surface area contributed by atoms with E-state index in [4.69, 9.17) is 5.73 Å². The first-order valence-electron chi connectivity index (χ1n) is 8.45. The summed E-state index contributed by atoms with van der Waals surface area (Å²) in [4.78, 5) is 14.2. The fourth-order valence-electron chi connectivity index (χ4n) is 2.87. The molecule has 1 saturated heterocycles. The number of hydrogen-bond donors (Lipinski definition) is 2. The predicted molar refractivity (Wildman–Crippen MR) is 99.1 cm³/mol. The van der Waals surface area contributed by atoms with E-state index in [0.717, 1.165) is 57.8 Å². The van der Waals surface area contributed by atoms with Gasteiger partial charge in [-0.1, -0.05) is 19.3 Å². The smallest absolute Gasteiger partial charge is 0.219 e. The lowest BCUT2D eigenvalue weighted by atomic mass is 10.0. The summed E-state index contributed by atoms with van der Waals surface area (Å²) in [6.07, 6.45) is 10.1. The average molecular weight is 356 g/mol. The van der Waals surface area contributed by atoms with Crippen molar-refractivity contribution >= 4 is 30.7 Å². The van der Waals surface area contributed by atoms with Gasteiger partial charge in [0, 0.05) is 25.6 Å². The number of carbonyl (C=O) groups excluding carboxylic acids is 1. The molecule has 22 heavy (non-hydrogen) atoms. The minimum atomic E-state index is 0. The molecule has 0 aromatic rings. The van der Waals surface area contributed by atoms with E-state index in [-0.39, 0.29) is 30.7 Å². The van der Waals surface area contributed by atoms with Gasteiger partial charge >= 0.3 is 0 Å². The van der Waals surface area contributed by atoms with Crippen LogP contribution in [0.1, 0.15) is 64.7 Å². The summed E-state index contributed by atoms with van der Waals surface area (Å²) in [7, 11) is 0. The van der Waals surface area contributed by atoms with Gasteiger partial charge < -0.3 is 16.0 Å². The molecule has 1 heterocycles. The second kappa shape index (κ2) is 15.9.